The van der Waals surface area contributed by atoms with Crippen molar-refractivity contribution in [1.82, 2.24) is 9.88 Å². The molecule has 0 saturated carbocycles. The van der Waals surface area contributed by atoms with Crippen LogP contribution >= 0.6 is 0 Å². The number of para-hydroxylation sites is 2. The fourth-order valence-corrected chi connectivity index (χ4v) is 3.61. The fraction of sp³-hybridized carbons (Fsp3) is 0.304. The van der Waals surface area contributed by atoms with Crippen molar-refractivity contribution in [2.45, 2.75) is 13.3 Å². The fourth-order valence-electron chi connectivity index (χ4n) is 3.61. The topological polar surface area (TPSA) is 45.7 Å². The van der Waals surface area contributed by atoms with E-state index in [1.54, 1.807) is 0 Å². The summed E-state index contributed by atoms with van der Waals surface area (Å²) >= 11 is 0. The van der Waals surface area contributed by atoms with Gasteiger partial charge in [0.25, 0.3) is 0 Å². The van der Waals surface area contributed by atoms with Gasteiger partial charge in [0.1, 0.15) is 11.6 Å². The lowest BCUT2D eigenvalue weighted by molar-refractivity contribution is -0.132. The van der Waals surface area contributed by atoms with Crippen LogP contribution in [0.1, 0.15) is 12.0 Å². The van der Waals surface area contributed by atoms with E-state index in [-0.39, 0.29) is 5.91 Å². The third-order valence-corrected chi connectivity index (χ3v) is 5.19. The number of aryl methyl sites for hydroxylation is 1. The third kappa shape index (κ3) is 4.09. The number of anilines is 1. The lowest BCUT2D eigenvalue weighted by atomic mass is 10.1. The summed E-state index contributed by atoms with van der Waals surface area (Å²) in [4.78, 5) is 21.5. The van der Waals surface area contributed by atoms with Gasteiger partial charge in [0.05, 0.1) is 18.5 Å². The Morgan fingerprint density at radius 2 is 1.71 bits per heavy atom. The maximum atomic E-state index is 12.5. The number of ether oxygens (including phenoxy) is 1. The molecule has 4 rings (SSSR count). The second kappa shape index (κ2) is 8.30. The molecule has 0 bridgehead atoms. The van der Waals surface area contributed by atoms with Crippen molar-refractivity contribution in [1.29, 1.82) is 0 Å². The number of pyridine rings is 1. The zero-order chi connectivity index (χ0) is 19.3. The summed E-state index contributed by atoms with van der Waals surface area (Å²) in [5, 5.41) is 1.19. The van der Waals surface area contributed by atoms with E-state index in [4.69, 9.17) is 9.72 Å². The largest absolute Gasteiger partial charge is 0.493 e. The molecular formula is C23H25N3O2. The zero-order valence-electron chi connectivity index (χ0n) is 16.2. The maximum Gasteiger partial charge on any atom is 0.226 e. The summed E-state index contributed by atoms with van der Waals surface area (Å²) < 4.78 is 5.64. The second-order valence-corrected chi connectivity index (χ2v) is 7.09. The van der Waals surface area contributed by atoms with Crippen LogP contribution in [0.25, 0.3) is 10.9 Å². The van der Waals surface area contributed by atoms with Crippen molar-refractivity contribution in [3.8, 4) is 5.75 Å². The first-order valence-corrected chi connectivity index (χ1v) is 9.78. The number of benzene rings is 2. The molecule has 1 fully saturated rings. The van der Waals surface area contributed by atoms with Crippen LogP contribution in [0.3, 0.4) is 0 Å². The molecule has 1 aliphatic heterocycles. The number of fused-ring (bicyclic) bond motifs is 1. The molecule has 0 spiro atoms. The number of nitrogens with zero attached hydrogens (tertiary/aromatic N) is 3. The normalized spacial score (nSPS) is 14.3. The van der Waals surface area contributed by atoms with Crippen molar-refractivity contribution >= 4 is 22.6 Å². The second-order valence-electron chi connectivity index (χ2n) is 7.09. The Kier molecular flexibility index (Phi) is 5.42. The van der Waals surface area contributed by atoms with Gasteiger partial charge in [-0.3, -0.25) is 4.79 Å². The van der Waals surface area contributed by atoms with Gasteiger partial charge in [-0.05, 0) is 36.8 Å². The van der Waals surface area contributed by atoms with Crippen molar-refractivity contribution in [2.24, 2.45) is 0 Å². The van der Waals surface area contributed by atoms with Crippen LogP contribution in [-0.2, 0) is 4.79 Å². The average molecular weight is 375 g/mol. The van der Waals surface area contributed by atoms with Gasteiger partial charge in [0.2, 0.25) is 5.91 Å². The Bertz CT molecular complexity index is 950. The monoisotopic (exact) mass is 375 g/mol. The number of hydrogen-bond acceptors (Lipinski definition) is 4. The lowest BCUT2D eigenvalue weighted by Crippen LogP contribution is -2.49. The molecule has 0 N–H and O–H groups in total. The Balaban J connectivity index is 1.31. The first-order valence-electron chi connectivity index (χ1n) is 9.78. The first kappa shape index (κ1) is 18.3. The highest BCUT2D eigenvalue weighted by Crippen LogP contribution is 2.23. The molecule has 0 radical (unpaired) electrons. The van der Waals surface area contributed by atoms with E-state index in [1.807, 2.05) is 47.4 Å². The molecule has 144 valence electrons. The van der Waals surface area contributed by atoms with Gasteiger partial charge in [-0.15, -0.1) is 0 Å². The number of carbonyl (C=O) groups is 1. The van der Waals surface area contributed by atoms with Crippen LogP contribution < -0.4 is 9.64 Å². The minimum atomic E-state index is 0.151. The Morgan fingerprint density at radius 1 is 1.00 bits per heavy atom. The highest BCUT2D eigenvalue weighted by atomic mass is 16.5. The van der Waals surface area contributed by atoms with E-state index in [0.29, 0.717) is 13.0 Å². The number of hydrogen-bond donors (Lipinski definition) is 0. The van der Waals surface area contributed by atoms with E-state index < -0.39 is 0 Å². The number of carbonyl (C=O) groups excluding carboxylic acids is 1. The molecule has 1 aliphatic rings. The number of rotatable bonds is 5. The first-order chi connectivity index (χ1) is 13.7. The number of amides is 1. The highest BCUT2D eigenvalue weighted by Gasteiger charge is 2.22. The minimum absolute atomic E-state index is 0.151. The molecule has 1 saturated heterocycles. The molecule has 0 atom stereocenters. The average Bonchev–Trinajstić information content (AvgIpc) is 2.74. The van der Waals surface area contributed by atoms with E-state index in [1.165, 1.54) is 10.9 Å². The quantitative estimate of drug-likeness (QED) is 0.683. The standard InChI is InChI=1S/C23H25N3O2/c1-18-17-22(24-21-10-6-5-9-20(18)21)25-12-14-26(15-13-25)23(27)11-16-28-19-7-3-2-4-8-19/h2-10,17H,11-16H2,1H3. The molecule has 2 aromatic carbocycles. The lowest BCUT2D eigenvalue weighted by Gasteiger charge is -2.35. The summed E-state index contributed by atoms with van der Waals surface area (Å²) in [5.74, 6) is 1.95. The van der Waals surface area contributed by atoms with Crippen molar-refractivity contribution < 1.29 is 9.53 Å². The van der Waals surface area contributed by atoms with Crippen LogP contribution in [0, 0.1) is 6.92 Å². The number of aromatic nitrogens is 1. The van der Waals surface area contributed by atoms with Gasteiger partial charge in [0.15, 0.2) is 0 Å². The van der Waals surface area contributed by atoms with Crippen LogP contribution in [0.2, 0.25) is 0 Å². The van der Waals surface area contributed by atoms with E-state index in [9.17, 15) is 4.79 Å². The summed E-state index contributed by atoms with van der Waals surface area (Å²) in [5.41, 5.74) is 2.26. The zero-order valence-corrected chi connectivity index (χ0v) is 16.2. The van der Waals surface area contributed by atoms with Gasteiger partial charge in [-0.2, -0.15) is 0 Å². The molecule has 1 aromatic heterocycles. The molecule has 3 aromatic rings. The predicted molar refractivity (Wildman–Crippen MR) is 112 cm³/mol. The molecule has 5 heteroatoms. The molecule has 2 heterocycles. The van der Waals surface area contributed by atoms with E-state index >= 15 is 0 Å². The summed E-state index contributed by atoms with van der Waals surface area (Å²) in [6.07, 6.45) is 0.405. The van der Waals surface area contributed by atoms with Crippen LogP contribution in [0.4, 0.5) is 5.82 Å². The smallest absolute Gasteiger partial charge is 0.226 e. The molecule has 0 unspecified atom stereocenters. The molecule has 5 nitrogen and oxygen atoms in total. The van der Waals surface area contributed by atoms with Crippen LogP contribution in [0.5, 0.6) is 5.75 Å². The third-order valence-electron chi connectivity index (χ3n) is 5.19. The van der Waals surface area contributed by atoms with Gasteiger partial charge >= 0.3 is 0 Å². The van der Waals surface area contributed by atoms with Gasteiger partial charge in [0, 0.05) is 31.6 Å². The molecule has 0 aliphatic carbocycles. The maximum absolute atomic E-state index is 12.5. The van der Waals surface area contributed by atoms with Crippen LogP contribution in [0.15, 0.2) is 60.7 Å². The Morgan fingerprint density at radius 3 is 2.50 bits per heavy atom. The van der Waals surface area contributed by atoms with Gasteiger partial charge in [-0.25, -0.2) is 4.98 Å². The van der Waals surface area contributed by atoms with E-state index in [2.05, 4.69) is 30.0 Å². The van der Waals surface area contributed by atoms with Gasteiger partial charge < -0.3 is 14.5 Å². The minimum Gasteiger partial charge on any atom is -0.493 e. The van der Waals surface area contributed by atoms with Crippen molar-refractivity contribution in [3.63, 3.8) is 0 Å². The Labute approximate surface area is 165 Å². The van der Waals surface area contributed by atoms with Crippen LogP contribution in [-0.4, -0.2) is 48.6 Å². The van der Waals surface area contributed by atoms with Crippen molar-refractivity contribution in [3.05, 3.63) is 66.2 Å². The molecular weight excluding hydrogens is 350 g/mol. The summed E-state index contributed by atoms with van der Waals surface area (Å²) in [6.45, 7) is 5.58. The molecule has 1 amide bonds. The summed E-state index contributed by atoms with van der Waals surface area (Å²) in [6, 6.07) is 20.0. The summed E-state index contributed by atoms with van der Waals surface area (Å²) in [7, 11) is 0. The number of piperazine rings is 1. The van der Waals surface area contributed by atoms with Crippen molar-refractivity contribution in [2.75, 3.05) is 37.7 Å². The Hall–Kier alpha value is -3.08. The predicted octanol–water partition coefficient (Wildman–Crippen LogP) is 3.66. The van der Waals surface area contributed by atoms with Gasteiger partial charge in [-0.1, -0.05) is 36.4 Å². The SMILES string of the molecule is Cc1cc(N2CCN(C(=O)CCOc3ccccc3)CC2)nc2ccccc12. The van der Waals surface area contributed by atoms with E-state index in [0.717, 1.165) is 43.3 Å². The highest BCUT2D eigenvalue weighted by molar-refractivity contribution is 5.84. The molecule has 28 heavy (non-hydrogen) atoms.